The molecule has 0 saturated heterocycles. The number of ketones is 1. The number of allylic oxidation sites excluding steroid dienone is 1. The summed E-state index contributed by atoms with van der Waals surface area (Å²) in [5, 5.41) is 13.9. The summed E-state index contributed by atoms with van der Waals surface area (Å²) < 4.78 is 40.2. The lowest BCUT2D eigenvalue weighted by Crippen LogP contribution is -2.12. The number of hydrogen-bond donors (Lipinski definition) is 1. The molecular formula is C25H25F3N4O2. The first-order valence-electron chi connectivity index (χ1n) is 11.0. The van der Waals surface area contributed by atoms with E-state index >= 15 is 0 Å². The molecule has 1 atom stereocenters. The lowest BCUT2D eigenvalue weighted by atomic mass is 9.92. The van der Waals surface area contributed by atoms with E-state index in [0.29, 0.717) is 29.7 Å². The Labute approximate surface area is 195 Å². The molecule has 0 radical (unpaired) electrons. The van der Waals surface area contributed by atoms with Crippen molar-refractivity contribution in [3.05, 3.63) is 76.0 Å². The predicted molar refractivity (Wildman–Crippen MR) is 121 cm³/mol. The fraction of sp³-hybridized carbons (Fsp3) is 0.360. The summed E-state index contributed by atoms with van der Waals surface area (Å²) in [6, 6.07) is 2.96. The number of hydrogen-bond acceptors (Lipinski definition) is 5. The standard InChI is InChI=1S/C25H25F3N4O2/c1-14-8-17(11-29-23(14)18-4-6-20(33)7-5-18)10-22(34)21-13-31-32(16(21)3)24-15(2)9-19(12-30-24)25(26,27)28/h4,8-9,11-13,20,33H,5-7,10H2,1-3H3. The summed E-state index contributed by atoms with van der Waals surface area (Å²) in [5.41, 5.74) is 4.08. The lowest BCUT2D eigenvalue weighted by Gasteiger charge is -2.18. The molecule has 0 spiro atoms. The number of carbonyl (C=O) groups excluding carboxylic acids is 1. The van der Waals surface area contributed by atoms with Crippen LogP contribution in [0.2, 0.25) is 0 Å². The predicted octanol–water partition coefficient (Wildman–Crippen LogP) is 4.96. The third kappa shape index (κ3) is 4.79. The van der Waals surface area contributed by atoms with Gasteiger partial charge in [0.25, 0.3) is 0 Å². The van der Waals surface area contributed by atoms with Crippen LogP contribution in [0, 0.1) is 20.8 Å². The van der Waals surface area contributed by atoms with Crippen molar-refractivity contribution in [2.45, 2.75) is 58.7 Å². The van der Waals surface area contributed by atoms with E-state index in [0.717, 1.165) is 41.1 Å². The van der Waals surface area contributed by atoms with Gasteiger partial charge < -0.3 is 5.11 Å². The van der Waals surface area contributed by atoms with Crippen LogP contribution in [0.4, 0.5) is 13.2 Å². The quantitative estimate of drug-likeness (QED) is 0.533. The number of aryl methyl sites for hydroxylation is 2. The molecule has 1 N–H and O–H groups in total. The fourth-order valence-electron chi connectivity index (χ4n) is 4.22. The minimum atomic E-state index is -4.48. The summed E-state index contributed by atoms with van der Waals surface area (Å²) in [6.07, 6.45) is 3.33. The second kappa shape index (κ2) is 9.13. The van der Waals surface area contributed by atoms with Gasteiger partial charge in [0.2, 0.25) is 0 Å². The fourth-order valence-corrected chi connectivity index (χ4v) is 4.22. The molecule has 1 aliphatic carbocycles. The highest BCUT2D eigenvalue weighted by atomic mass is 19.4. The molecule has 0 aromatic carbocycles. The van der Waals surface area contributed by atoms with Crippen LogP contribution >= 0.6 is 0 Å². The number of rotatable bonds is 5. The van der Waals surface area contributed by atoms with E-state index in [1.807, 2.05) is 19.1 Å². The number of carbonyl (C=O) groups is 1. The Morgan fingerprint density at radius 2 is 1.88 bits per heavy atom. The smallest absolute Gasteiger partial charge is 0.393 e. The summed E-state index contributed by atoms with van der Waals surface area (Å²) in [7, 11) is 0. The van der Waals surface area contributed by atoms with E-state index < -0.39 is 11.7 Å². The second-order valence-electron chi connectivity index (χ2n) is 8.68. The van der Waals surface area contributed by atoms with Crippen molar-refractivity contribution in [3.8, 4) is 5.82 Å². The minimum absolute atomic E-state index is 0.123. The lowest BCUT2D eigenvalue weighted by molar-refractivity contribution is -0.137. The number of halogens is 3. The minimum Gasteiger partial charge on any atom is -0.393 e. The van der Waals surface area contributed by atoms with Crippen molar-refractivity contribution >= 4 is 11.4 Å². The summed E-state index contributed by atoms with van der Waals surface area (Å²) in [6.45, 7) is 5.17. The Hall–Kier alpha value is -3.33. The van der Waals surface area contributed by atoms with E-state index in [1.165, 1.54) is 17.8 Å². The Morgan fingerprint density at radius 1 is 1.12 bits per heavy atom. The molecule has 3 aromatic rings. The largest absolute Gasteiger partial charge is 0.417 e. The van der Waals surface area contributed by atoms with Gasteiger partial charge in [-0.3, -0.25) is 9.78 Å². The Balaban J connectivity index is 1.54. The number of nitrogens with zero attached hydrogens (tertiary/aromatic N) is 4. The van der Waals surface area contributed by atoms with Crippen LogP contribution in [-0.4, -0.2) is 36.7 Å². The second-order valence-corrected chi connectivity index (χ2v) is 8.68. The SMILES string of the molecule is Cc1cc(CC(=O)c2cnn(-c3ncc(C(F)(F)F)cc3C)c2C)cnc1C1=CCC(O)CC1. The van der Waals surface area contributed by atoms with Gasteiger partial charge in [-0.2, -0.15) is 18.3 Å². The first-order chi connectivity index (χ1) is 16.0. The maximum absolute atomic E-state index is 13.0. The zero-order valence-electron chi connectivity index (χ0n) is 19.1. The van der Waals surface area contributed by atoms with Crippen LogP contribution in [0.3, 0.4) is 0 Å². The van der Waals surface area contributed by atoms with Crippen LogP contribution in [0.5, 0.6) is 0 Å². The van der Waals surface area contributed by atoms with Gasteiger partial charge in [0.15, 0.2) is 11.6 Å². The maximum atomic E-state index is 13.0. The number of alkyl halides is 3. The van der Waals surface area contributed by atoms with E-state index in [-0.39, 0.29) is 24.1 Å². The first kappa shape index (κ1) is 23.8. The van der Waals surface area contributed by atoms with E-state index in [4.69, 9.17) is 0 Å². The molecule has 0 fully saturated rings. The van der Waals surface area contributed by atoms with Crippen molar-refractivity contribution in [2.75, 3.05) is 0 Å². The molecule has 1 aliphatic rings. The maximum Gasteiger partial charge on any atom is 0.417 e. The van der Waals surface area contributed by atoms with E-state index in [1.54, 1.807) is 13.1 Å². The van der Waals surface area contributed by atoms with Gasteiger partial charge in [-0.05, 0) is 68.4 Å². The zero-order chi connectivity index (χ0) is 24.6. The third-order valence-corrected chi connectivity index (χ3v) is 6.08. The molecule has 6 nitrogen and oxygen atoms in total. The molecule has 0 saturated carbocycles. The van der Waals surface area contributed by atoms with Crippen LogP contribution < -0.4 is 0 Å². The van der Waals surface area contributed by atoms with Gasteiger partial charge in [0.1, 0.15) is 0 Å². The number of pyridine rings is 2. The monoisotopic (exact) mass is 470 g/mol. The molecule has 0 aliphatic heterocycles. The Bertz CT molecular complexity index is 1280. The van der Waals surface area contributed by atoms with E-state index in [9.17, 15) is 23.1 Å². The first-order valence-corrected chi connectivity index (χ1v) is 11.0. The molecule has 1 unspecified atom stereocenters. The highest BCUT2D eigenvalue weighted by molar-refractivity contribution is 5.98. The van der Waals surface area contributed by atoms with E-state index in [2.05, 4.69) is 15.1 Å². The van der Waals surface area contributed by atoms with Crippen LogP contribution in [0.25, 0.3) is 11.4 Å². The third-order valence-electron chi connectivity index (χ3n) is 6.08. The molecule has 9 heteroatoms. The molecule has 4 rings (SSSR count). The normalized spacial score (nSPS) is 16.4. The highest BCUT2D eigenvalue weighted by Crippen LogP contribution is 2.31. The molecule has 3 heterocycles. The van der Waals surface area contributed by atoms with Crippen molar-refractivity contribution in [3.63, 3.8) is 0 Å². The van der Waals surface area contributed by atoms with Crippen LogP contribution in [0.15, 0.2) is 36.8 Å². The Kier molecular flexibility index (Phi) is 6.40. The number of aliphatic hydroxyl groups excluding tert-OH is 1. The van der Waals surface area contributed by atoms with Gasteiger partial charge in [-0.25, -0.2) is 9.67 Å². The van der Waals surface area contributed by atoms with Crippen molar-refractivity contribution in [2.24, 2.45) is 0 Å². The molecule has 178 valence electrons. The molecular weight excluding hydrogens is 445 g/mol. The van der Waals surface area contributed by atoms with Gasteiger partial charge >= 0.3 is 6.18 Å². The van der Waals surface area contributed by atoms with Gasteiger partial charge in [-0.1, -0.05) is 12.1 Å². The summed E-state index contributed by atoms with van der Waals surface area (Å²) in [4.78, 5) is 21.5. The molecule has 0 amide bonds. The number of Topliss-reactive ketones (excluding diaryl/α,β-unsaturated/α-hetero) is 1. The zero-order valence-corrected chi connectivity index (χ0v) is 19.1. The summed E-state index contributed by atoms with van der Waals surface area (Å²) in [5.74, 6) is 0.0829. The van der Waals surface area contributed by atoms with Crippen LogP contribution in [0.1, 0.15) is 63.3 Å². The van der Waals surface area contributed by atoms with Crippen molar-refractivity contribution in [1.82, 2.24) is 19.7 Å². The number of aromatic nitrogens is 4. The average molecular weight is 470 g/mol. The Morgan fingerprint density at radius 3 is 2.50 bits per heavy atom. The van der Waals surface area contributed by atoms with Gasteiger partial charge in [0.05, 0.1) is 34.8 Å². The molecule has 3 aromatic heterocycles. The number of aliphatic hydroxyl groups is 1. The summed E-state index contributed by atoms with van der Waals surface area (Å²) >= 11 is 0. The molecule has 34 heavy (non-hydrogen) atoms. The van der Waals surface area contributed by atoms with Crippen LogP contribution in [-0.2, 0) is 12.6 Å². The highest BCUT2D eigenvalue weighted by Gasteiger charge is 2.31. The van der Waals surface area contributed by atoms with Crippen molar-refractivity contribution < 1.29 is 23.1 Å². The topological polar surface area (TPSA) is 80.9 Å². The molecule has 0 bridgehead atoms. The average Bonchev–Trinajstić information content (AvgIpc) is 3.15. The van der Waals surface area contributed by atoms with Gasteiger partial charge in [0, 0.05) is 18.8 Å². The van der Waals surface area contributed by atoms with Gasteiger partial charge in [-0.15, -0.1) is 0 Å². The van der Waals surface area contributed by atoms with Crippen molar-refractivity contribution in [1.29, 1.82) is 0 Å².